The smallest absolute Gasteiger partial charge is 0.234 e. The number of aryl methyl sites for hydroxylation is 2. The highest BCUT2D eigenvalue weighted by molar-refractivity contribution is 14.1. The summed E-state index contributed by atoms with van der Waals surface area (Å²) in [4.78, 5) is 16.8. The van der Waals surface area contributed by atoms with Gasteiger partial charge in [0.15, 0.2) is 5.82 Å². The molecule has 3 aromatic rings. The van der Waals surface area contributed by atoms with E-state index in [1.807, 2.05) is 44.2 Å². The summed E-state index contributed by atoms with van der Waals surface area (Å²) < 4.78 is 7.05. The number of nitrogens with one attached hydrogen (secondary N) is 2. The molecule has 0 saturated carbocycles. The van der Waals surface area contributed by atoms with Gasteiger partial charge in [-0.05, 0) is 77.2 Å². The molecule has 0 aliphatic carbocycles. The number of rotatable bonds is 8. The summed E-state index contributed by atoms with van der Waals surface area (Å²) in [5.41, 5.74) is 4.15. The summed E-state index contributed by atoms with van der Waals surface area (Å²) in [5, 5.41) is 10.6. The quantitative estimate of drug-likeness (QED) is 0.295. The highest BCUT2D eigenvalue weighted by atomic mass is 127. The number of thioether (sulfide) groups is 1. The minimum atomic E-state index is -0.0822. The van der Waals surface area contributed by atoms with Gasteiger partial charge in [-0.25, -0.2) is 4.98 Å². The Morgan fingerprint density at radius 3 is 2.67 bits per heavy atom. The molecule has 0 spiro atoms. The van der Waals surface area contributed by atoms with Crippen molar-refractivity contribution in [3.05, 3.63) is 62.5 Å². The van der Waals surface area contributed by atoms with Crippen molar-refractivity contribution in [3.8, 4) is 5.75 Å². The number of benzene rings is 2. The van der Waals surface area contributed by atoms with Crippen molar-refractivity contribution >= 4 is 45.9 Å². The molecular formula is C22H25IN4O2S. The zero-order valence-corrected chi connectivity index (χ0v) is 20.4. The van der Waals surface area contributed by atoms with Crippen LogP contribution >= 0.6 is 34.4 Å². The van der Waals surface area contributed by atoms with Gasteiger partial charge in [0.25, 0.3) is 0 Å². The Balaban J connectivity index is 1.54. The van der Waals surface area contributed by atoms with Gasteiger partial charge in [-0.15, -0.1) is 5.10 Å². The number of hydrogen-bond donors (Lipinski definition) is 2. The molecule has 158 valence electrons. The van der Waals surface area contributed by atoms with Crippen LogP contribution in [-0.4, -0.2) is 26.8 Å². The maximum Gasteiger partial charge on any atom is 0.234 e. The standard InChI is InChI=1S/C22H25IN4O2S/c1-13(2)17-10-16(23)8-9-18(17)24-20(28)12-30-22-25-19(26-27-22)11-29-21-14(3)6-5-7-15(21)4/h5-10,13H,11-12H2,1-4H3,(H,24,28)(H,25,26,27). The lowest BCUT2D eigenvalue weighted by atomic mass is 10.0. The van der Waals surface area contributed by atoms with Crippen LogP contribution in [0.15, 0.2) is 41.6 Å². The Bertz CT molecular complexity index is 1020. The summed E-state index contributed by atoms with van der Waals surface area (Å²) in [6.45, 7) is 8.56. The molecule has 2 aromatic carbocycles. The molecule has 0 unspecified atom stereocenters. The molecule has 0 saturated heterocycles. The molecule has 0 fully saturated rings. The lowest BCUT2D eigenvalue weighted by Crippen LogP contribution is -2.16. The number of ether oxygens (including phenoxy) is 1. The van der Waals surface area contributed by atoms with Crippen molar-refractivity contribution in [2.75, 3.05) is 11.1 Å². The van der Waals surface area contributed by atoms with Crippen LogP contribution in [0.5, 0.6) is 5.75 Å². The number of amides is 1. The predicted molar refractivity (Wildman–Crippen MR) is 129 cm³/mol. The van der Waals surface area contributed by atoms with Crippen LogP contribution in [0.3, 0.4) is 0 Å². The molecule has 1 heterocycles. The van der Waals surface area contributed by atoms with E-state index in [2.05, 4.69) is 63.0 Å². The van der Waals surface area contributed by atoms with E-state index in [0.717, 1.165) is 31.7 Å². The molecular weight excluding hydrogens is 511 g/mol. The molecule has 0 atom stereocenters. The lowest BCUT2D eigenvalue weighted by molar-refractivity contribution is -0.113. The normalized spacial score (nSPS) is 11.0. The van der Waals surface area contributed by atoms with E-state index < -0.39 is 0 Å². The molecule has 8 heteroatoms. The highest BCUT2D eigenvalue weighted by Crippen LogP contribution is 2.27. The van der Waals surface area contributed by atoms with Gasteiger partial charge in [0.2, 0.25) is 11.1 Å². The third kappa shape index (κ3) is 5.98. The molecule has 3 rings (SSSR count). The summed E-state index contributed by atoms with van der Waals surface area (Å²) >= 11 is 3.57. The number of hydrogen-bond acceptors (Lipinski definition) is 5. The summed E-state index contributed by atoms with van der Waals surface area (Å²) in [6, 6.07) is 12.1. The first-order valence-electron chi connectivity index (χ1n) is 9.66. The maximum atomic E-state index is 12.4. The minimum Gasteiger partial charge on any atom is -0.485 e. The summed E-state index contributed by atoms with van der Waals surface area (Å²) in [6.07, 6.45) is 0. The Morgan fingerprint density at radius 2 is 1.97 bits per heavy atom. The van der Waals surface area contributed by atoms with Crippen LogP contribution in [0.4, 0.5) is 5.69 Å². The number of halogens is 1. The van der Waals surface area contributed by atoms with Crippen molar-refractivity contribution in [2.45, 2.75) is 45.4 Å². The van der Waals surface area contributed by atoms with Gasteiger partial charge >= 0.3 is 0 Å². The van der Waals surface area contributed by atoms with Gasteiger partial charge in [0.1, 0.15) is 12.4 Å². The number of H-pyrrole nitrogens is 1. The minimum absolute atomic E-state index is 0.0822. The number of para-hydroxylation sites is 1. The fourth-order valence-corrected chi connectivity index (χ4v) is 4.15. The van der Waals surface area contributed by atoms with E-state index in [1.165, 1.54) is 11.8 Å². The van der Waals surface area contributed by atoms with Gasteiger partial charge < -0.3 is 10.1 Å². The van der Waals surface area contributed by atoms with Crippen LogP contribution in [-0.2, 0) is 11.4 Å². The molecule has 30 heavy (non-hydrogen) atoms. The van der Waals surface area contributed by atoms with Gasteiger partial charge in [-0.3, -0.25) is 9.89 Å². The summed E-state index contributed by atoms with van der Waals surface area (Å²) in [7, 11) is 0. The third-order valence-corrected chi connectivity index (χ3v) is 6.03. The van der Waals surface area contributed by atoms with E-state index >= 15 is 0 Å². The number of carbonyl (C=O) groups excluding carboxylic acids is 1. The van der Waals surface area contributed by atoms with Crippen LogP contribution < -0.4 is 10.1 Å². The van der Waals surface area contributed by atoms with E-state index in [1.54, 1.807) is 0 Å². The Morgan fingerprint density at radius 1 is 1.23 bits per heavy atom. The van der Waals surface area contributed by atoms with Crippen LogP contribution in [0.1, 0.15) is 42.3 Å². The first-order valence-corrected chi connectivity index (χ1v) is 11.7. The topological polar surface area (TPSA) is 79.9 Å². The Labute approximate surface area is 194 Å². The van der Waals surface area contributed by atoms with E-state index in [4.69, 9.17) is 4.74 Å². The molecule has 0 aliphatic heterocycles. The zero-order chi connectivity index (χ0) is 21.7. The molecule has 1 aromatic heterocycles. The van der Waals surface area contributed by atoms with E-state index in [9.17, 15) is 4.79 Å². The molecule has 1 amide bonds. The molecule has 2 N–H and O–H groups in total. The van der Waals surface area contributed by atoms with Crippen molar-refractivity contribution in [2.24, 2.45) is 0 Å². The third-order valence-electron chi connectivity index (χ3n) is 4.52. The van der Waals surface area contributed by atoms with E-state index in [0.29, 0.717) is 23.5 Å². The fourth-order valence-electron chi connectivity index (χ4n) is 3.02. The number of carbonyl (C=O) groups is 1. The molecule has 0 radical (unpaired) electrons. The highest BCUT2D eigenvalue weighted by Gasteiger charge is 2.13. The number of anilines is 1. The Kier molecular flexibility index (Phi) is 7.76. The van der Waals surface area contributed by atoms with Crippen molar-refractivity contribution in [3.63, 3.8) is 0 Å². The average molecular weight is 536 g/mol. The monoisotopic (exact) mass is 536 g/mol. The van der Waals surface area contributed by atoms with Gasteiger partial charge in [-0.1, -0.05) is 43.8 Å². The predicted octanol–water partition coefficient (Wildman–Crippen LogP) is 5.46. The Hall–Kier alpha value is -2.07. The number of aromatic nitrogens is 3. The second-order valence-corrected chi connectivity index (χ2v) is 9.49. The number of aromatic amines is 1. The lowest BCUT2D eigenvalue weighted by Gasteiger charge is -2.14. The van der Waals surface area contributed by atoms with Crippen molar-refractivity contribution in [1.29, 1.82) is 0 Å². The maximum absolute atomic E-state index is 12.4. The van der Waals surface area contributed by atoms with E-state index in [-0.39, 0.29) is 11.7 Å². The van der Waals surface area contributed by atoms with Crippen LogP contribution in [0, 0.1) is 17.4 Å². The molecule has 0 aliphatic rings. The second kappa shape index (κ2) is 10.3. The van der Waals surface area contributed by atoms with Crippen LogP contribution in [0.25, 0.3) is 0 Å². The number of nitrogens with zero attached hydrogens (tertiary/aromatic N) is 2. The van der Waals surface area contributed by atoms with Crippen LogP contribution in [0.2, 0.25) is 0 Å². The van der Waals surface area contributed by atoms with Crippen molar-refractivity contribution < 1.29 is 9.53 Å². The van der Waals surface area contributed by atoms with Gasteiger partial charge in [0, 0.05) is 9.26 Å². The van der Waals surface area contributed by atoms with Gasteiger partial charge in [-0.2, -0.15) is 0 Å². The first-order chi connectivity index (χ1) is 14.3. The molecule has 0 bridgehead atoms. The average Bonchev–Trinajstić information content (AvgIpc) is 3.15. The first kappa shape index (κ1) is 22.6. The fraction of sp³-hybridized carbons (Fsp3) is 0.318. The zero-order valence-electron chi connectivity index (χ0n) is 17.5. The second-order valence-electron chi connectivity index (χ2n) is 7.30. The summed E-state index contributed by atoms with van der Waals surface area (Å²) in [5.74, 6) is 1.97. The largest absolute Gasteiger partial charge is 0.485 e. The van der Waals surface area contributed by atoms with Crippen molar-refractivity contribution in [1.82, 2.24) is 15.2 Å². The SMILES string of the molecule is Cc1cccc(C)c1OCc1nc(SCC(=O)Nc2ccc(I)cc2C(C)C)n[nH]1. The van der Waals surface area contributed by atoms with Gasteiger partial charge in [0.05, 0.1) is 5.75 Å². The molecule has 6 nitrogen and oxygen atoms in total.